The second-order valence-electron chi connectivity index (χ2n) is 6.90. The van der Waals surface area contributed by atoms with Crippen LogP contribution in [0.25, 0.3) is 0 Å². The summed E-state index contributed by atoms with van der Waals surface area (Å²) >= 11 is 6.04. The first-order valence-electron chi connectivity index (χ1n) is 9.50. The Bertz CT molecular complexity index is 974. The number of alkyl halides is 5. The minimum atomic E-state index is -4.55. The normalized spacial score (nSPS) is 15.0. The lowest BCUT2D eigenvalue weighted by molar-refractivity contribution is -0.137. The minimum Gasteiger partial charge on any atom is -0.493 e. The summed E-state index contributed by atoms with van der Waals surface area (Å²) in [5, 5.41) is -0.126. The Labute approximate surface area is 185 Å². The molecule has 0 spiro atoms. The predicted octanol–water partition coefficient (Wildman–Crippen LogP) is 4.72. The van der Waals surface area contributed by atoms with E-state index in [-0.39, 0.29) is 40.4 Å². The van der Waals surface area contributed by atoms with Crippen LogP contribution in [0.15, 0.2) is 30.5 Å². The number of hydrogen-bond donors (Lipinski definition) is 0. The van der Waals surface area contributed by atoms with Crippen molar-refractivity contribution in [3.05, 3.63) is 46.6 Å². The maximum Gasteiger partial charge on any atom is 0.417 e. The summed E-state index contributed by atoms with van der Waals surface area (Å²) in [4.78, 5) is 20.1. The lowest BCUT2D eigenvalue weighted by Gasteiger charge is -2.24. The van der Waals surface area contributed by atoms with E-state index in [1.807, 2.05) is 0 Å². The van der Waals surface area contributed by atoms with E-state index in [9.17, 15) is 26.7 Å². The molecular formula is C20H19ClF5N3O3. The molecule has 0 atom stereocenters. The number of ether oxygens (including phenoxy) is 2. The Morgan fingerprint density at radius 2 is 1.88 bits per heavy atom. The van der Waals surface area contributed by atoms with E-state index in [4.69, 9.17) is 16.3 Å². The monoisotopic (exact) mass is 479 g/mol. The third kappa shape index (κ3) is 5.50. The molecule has 0 unspecified atom stereocenters. The van der Waals surface area contributed by atoms with Gasteiger partial charge in [-0.25, -0.2) is 4.98 Å². The minimum absolute atomic E-state index is 0.00617. The van der Waals surface area contributed by atoms with Gasteiger partial charge in [0, 0.05) is 37.9 Å². The summed E-state index contributed by atoms with van der Waals surface area (Å²) in [5.74, 6) is -0.332. The van der Waals surface area contributed by atoms with Gasteiger partial charge in [-0.3, -0.25) is 4.79 Å². The molecular weight excluding hydrogens is 461 g/mol. The standard InChI is InChI=1S/C20H19ClF5N3O3/c1-31-16-9-12(3-4-15(16)32-19(22)23)18(30)29-6-2-5-28(7-8-29)17-14(21)10-13(11-27-17)20(24,25)26/h3-4,9-11,19H,2,5-8H2,1H3. The summed E-state index contributed by atoms with van der Waals surface area (Å²) in [5.41, 5.74) is -0.714. The molecule has 174 valence electrons. The third-order valence-electron chi connectivity index (χ3n) is 4.86. The number of amides is 1. The molecule has 6 nitrogen and oxygen atoms in total. The highest BCUT2D eigenvalue weighted by atomic mass is 35.5. The number of carbonyl (C=O) groups is 1. The van der Waals surface area contributed by atoms with E-state index in [0.717, 1.165) is 12.3 Å². The largest absolute Gasteiger partial charge is 0.493 e. The smallest absolute Gasteiger partial charge is 0.417 e. The fourth-order valence-corrected chi connectivity index (χ4v) is 3.61. The van der Waals surface area contributed by atoms with Crippen molar-refractivity contribution in [1.82, 2.24) is 9.88 Å². The first-order chi connectivity index (χ1) is 15.1. The van der Waals surface area contributed by atoms with E-state index in [2.05, 4.69) is 9.72 Å². The Morgan fingerprint density at radius 3 is 2.50 bits per heavy atom. The average Bonchev–Trinajstić information content (AvgIpc) is 2.98. The molecule has 0 bridgehead atoms. The van der Waals surface area contributed by atoms with Gasteiger partial charge in [0.25, 0.3) is 5.91 Å². The number of hydrogen-bond acceptors (Lipinski definition) is 5. The Kier molecular flexibility index (Phi) is 7.27. The highest BCUT2D eigenvalue weighted by molar-refractivity contribution is 6.33. The maximum absolute atomic E-state index is 12.9. The average molecular weight is 480 g/mol. The van der Waals surface area contributed by atoms with Crippen LogP contribution < -0.4 is 14.4 Å². The number of carbonyl (C=O) groups excluding carboxylic acids is 1. The summed E-state index contributed by atoms with van der Waals surface area (Å²) in [6.45, 7) is -1.66. The zero-order valence-electron chi connectivity index (χ0n) is 16.8. The number of nitrogens with zero attached hydrogens (tertiary/aromatic N) is 3. The zero-order valence-corrected chi connectivity index (χ0v) is 17.6. The van der Waals surface area contributed by atoms with Crippen molar-refractivity contribution in [2.75, 3.05) is 38.2 Å². The molecule has 1 aromatic carbocycles. The quantitative estimate of drug-likeness (QED) is 0.581. The van der Waals surface area contributed by atoms with Crippen molar-refractivity contribution in [3.8, 4) is 11.5 Å². The number of anilines is 1. The van der Waals surface area contributed by atoms with Crippen LogP contribution in [-0.2, 0) is 6.18 Å². The number of methoxy groups -OCH3 is 1. The summed E-state index contributed by atoms with van der Waals surface area (Å²) in [7, 11) is 1.27. The molecule has 0 saturated carbocycles. The lowest BCUT2D eigenvalue weighted by atomic mass is 10.1. The third-order valence-corrected chi connectivity index (χ3v) is 5.14. The van der Waals surface area contributed by atoms with Crippen LogP contribution in [0.1, 0.15) is 22.3 Å². The van der Waals surface area contributed by atoms with Crippen LogP contribution in [0, 0.1) is 0 Å². The van der Waals surface area contributed by atoms with E-state index >= 15 is 0 Å². The van der Waals surface area contributed by atoms with E-state index in [1.165, 1.54) is 25.3 Å². The molecule has 32 heavy (non-hydrogen) atoms. The van der Waals surface area contributed by atoms with Crippen LogP contribution in [0.4, 0.5) is 27.8 Å². The van der Waals surface area contributed by atoms with Gasteiger partial charge >= 0.3 is 12.8 Å². The molecule has 0 N–H and O–H groups in total. The van der Waals surface area contributed by atoms with Crippen molar-refractivity contribution in [2.45, 2.75) is 19.2 Å². The van der Waals surface area contributed by atoms with Crippen molar-refractivity contribution in [3.63, 3.8) is 0 Å². The fraction of sp³-hybridized carbons (Fsp3) is 0.400. The molecule has 3 rings (SSSR count). The number of aromatic nitrogens is 1. The zero-order chi connectivity index (χ0) is 23.5. The summed E-state index contributed by atoms with van der Waals surface area (Å²) < 4.78 is 72.9. The molecule has 1 aliphatic rings. The number of pyridine rings is 1. The Balaban J connectivity index is 1.72. The van der Waals surface area contributed by atoms with Crippen LogP contribution in [-0.4, -0.2) is 55.7 Å². The highest BCUT2D eigenvalue weighted by Gasteiger charge is 2.32. The van der Waals surface area contributed by atoms with Crippen LogP contribution in [0.5, 0.6) is 11.5 Å². The molecule has 0 radical (unpaired) electrons. The molecule has 2 aromatic rings. The van der Waals surface area contributed by atoms with Gasteiger partial charge in [0.15, 0.2) is 11.5 Å². The summed E-state index contributed by atoms with van der Waals surface area (Å²) in [6, 6.07) is 4.73. The molecule has 0 aliphatic carbocycles. The fourth-order valence-electron chi connectivity index (χ4n) is 3.33. The van der Waals surface area contributed by atoms with Crippen molar-refractivity contribution < 1.29 is 36.2 Å². The van der Waals surface area contributed by atoms with Gasteiger partial charge in [-0.1, -0.05) is 11.6 Å². The van der Waals surface area contributed by atoms with Gasteiger partial charge in [0.1, 0.15) is 5.82 Å². The van der Waals surface area contributed by atoms with Crippen molar-refractivity contribution >= 4 is 23.3 Å². The Hall–Kier alpha value is -2.82. The van der Waals surface area contributed by atoms with Crippen molar-refractivity contribution in [1.29, 1.82) is 0 Å². The molecule has 1 aliphatic heterocycles. The predicted molar refractivity (Wildman–Crippen MR) is 107 cm³/mol. The molecule has 12 heteroatoms. The second-order valence-corrected chi connectivity index (χ2v) is 7.31. The molecule has 1 aromatic heterocycles. The number of halogens is 6. The highest BCUT2D eigenvalue weighted by Crippen LogP contribution is 2.34. The molecule has 1 saturated heterocycles. The lowest BCUT2D eigenvalue weighted by Crippen LogP contribution is -2.35. The van der Waals surface area contributed by atoms with Crippen LogP contribution >= 0.6 is 11.6 Å². The van der Waals surface area contributed by atoms with E-state index in [0.29, 0.717) is 26.1 Å². The van der Waals surface area contributed by atoms with E-state index in [1.54, 1.807) is 9.80 Å². The van der Waals surface area contributed by atoms with Gasteiger partial charge in [0.2, 0.25) is 0 Å². The van der Waals surface area contributed by atoms with Gasteiger partial charge in [0.05, 0.1) is 17.7 Å². The first-order valence-corrected chi connectivity index (χ1v) is 9.87. The van der Waals surface area contributed by atoms with E-state index < -0.39 is 18.4 Å². The number of benzene rings is 1. The van der Waals surface area contributed by atoms with Gasteiger partial charge in [-0.2, -0.15) is 22.0 Å². The van der Waals surface area contributed by atoms with Crippen molar-refractivity contribution in [2.24, 2.45) is 0 Å². The topological polar surface area (TPSA) is 54.9 Å². The van der Waals surface area contributed by atoms with Crippen LogP contribution in [0.3, 0.4) is 0 Å². The molecule has 2 heterocycles. The van der Waals surface area contributed by atoms with Crippen LogP contribution in [0.2, 0.25) is 5.02 Å². The molecule has 1 amide bonds. The maximum atomic E-state index is 12.9. The SMILES string of the molecule is COc1cc(C(=O)N2CCCN(c3ncc(C(F)(F)F)cc3Cl)CC2)ccc1OC(F)F. The van der Waals surface area contributed by atoms with Gasteiger partial charge in [-0.15, -0.1) is 0 Å². The second kappa shape index (κ2) is 9.76. The number of rotatable bonds is 5. The molecule has 1 fully saturated rings. The Morgan fingerprint density at radius 1 is 1.12 bits per heavy atom. The van der Waals surface area contributed by atoms with Gasteiger partial charge in [-0.05, 0) is 30.7 Å². The first kappa shape index (κ1) is 23.8. The summed E-state index contributed by atoms with van der Waals surface area (Å²) in [6.07, 6.45) is -3.30. The van der Waals surface area contributed by atoms with Gasteiger partial charge < -0.3 is 19.3 Å².